The molecule has 2 aromatic carbocycles. The lowest BCUT2D eigenvalue weighted by Crippen LogP contribution is -2.36. The number of aromatic nitrogens is 2. The first-order valence-electron chi connectivity index (χ1n) is 9.33. The van der Waals surface area contributed by atoms with E-state index in [0.717, 1.165) is 18.4 Å². The Morgan fingerprint density at radius 3 is 2.64 bits per heavy atom. The van der Waals surface area contributed by atoms with E-state index in [4.69, 9.17) is 0 Å². The Bertz CT molecular complexity index is 1160. The van der Waals surface area contributed by atoms with Gasteiger partial charge in [0.25, 0.3) is 5.91 Å². The largest absolute Gasteiger partial charge is 0.332 e. The standard InChI is InChI=1S/C21H20FN3O3/c1-2-24-18-10-7-14(12-16(18)23-19(26)21(24)28)20(27)25-11-3-4-17(25)13-5-8-15(22)9-6-13/h5-10,12,17H,2-4,11H2,1H3,(H,23,26). The van der Waals surface area contributed by atoms with Gasteiger partial charge in [0.05, 0.1) is 17.1 Å². The molecule has 1 saturated heterocycles. The second kappa shape index (κ2) is 7.07. The number of nitrogens with one attached hydrogen (secondary N) is 1. The smallest absolute Gasteiger partial charge is 0.316 e. The third kappa shape index (κ3) is 3.02. The summed E-state index contributed by atoms with van der Waals surface area (Å²) in [5, 5.41) is 0. The van der Waals surface area contributed by atoms with E-state index in [9.17, 15) is 18.8 Å². The van der Waals surface area contributed by atoms with Crippen LogP contribution in [0.15, 0.2) is 52.1 Å². The molecule has 1 aliphatic rings. The molecule has 144 valence electrons. The number of carbonyl (C=O) groups is 1. The molecule has 1 atom stereocenters. The van der Waals surface area contributed by atoms with Crippen molar-refractivity contribution in [3.8, 4) is 0 Å². The van der Waals surface area contributed by atoms with Crippen molar-refractivity contribution in [2.24, 2.45) is 0 Å². The predicted octanol–water partition coefficient (Wildman–Crippen LogP) is 2.83. The predicted molar refractivity (Wildman–Crippen MR) is 104 cm³/mol. The van der Waals surface area contributed by atoms with Gasteiger partial charge in [0.2, 0.25) is 0 Å². The fourth-order valence-corrected chi connectivity index (χ4v) is 3.93. The molecule has 2 heterocycles. The van der Waals surface area contributed by atoms with E-state index in [1.807, 2.05) is 0 Å². The summed E-state index contributed by atoms with van der Waals surface area (Å²) in [5.74, 6) is -0.455. The molecule has 0 radical (unpaired) electrons. The molecule has 3 aromatic rings. The molecule has 28 heavy (non-hydrogen) atoms. The van der Waals surface area contributed by atoms with Crippen molar-refractivity contribution >= 4 is 16.9 Å². The minimum absolute atomic E-state index is 0.104. The molecule has 4 rings (SSSR count). The second-order valence-electron chi connectivity index (χ2n) is 6.94. The van der Waals surface area contributed by atoms with Gasteiger partial charge in [-0.3, -0.25) is 14.4 Å². The van der Waals surface area contributed by atoms with Crippen molar-refractivity contribution < 1.29 is 9.18 Å². The number of hydrogen-bond donors (Lipinski definition) is 1. The van der Waals surface area contributed by atoms with Crippen LogP contribution in [0.2, 0.25) is 0 Å². The summed E-state index contributed by atoms with van der Waals surface area (Å²) in [6.45, 7) is 2.77. The van der Waals surface area contributed by atoms with Gasteiger partial charge in [-0.25, -0.2) is 4.39 Å². The Morgan fingerprint density at radius 2 is 1.93 bits per heavy atom. The molecule has 0 spiro atoms. The highest BCUT2D eigenvalue weighted by Crippen LogP contribution is 2.33. The molecule has 0 saturated carbocycles. The molecule has 0 bridgehead atoms. The molecule has 0 aliphatic carbocycles. The van der Waals surface area contributed by atoms with Crippen LogP contribution in [0.3, 0.4) is 0 Å². The maximum atomic E-state index is 13.2. The second-order valence-corrected chi connectivity index (χ2v) is 6.94. The number of aromatic amines is 1. The van der Waals surface area contributed by atoms with Crippen molar-refractivity contribution in [2.75, 3.05) is 6.54 Å². The Labute approximate surface area is 160 Å². The molecule has 7 heteroatoms. The van der Waals surface area contributed by atoms with E-state index in [-0.39, 0.29) is 17.8 Å². The first kappa shape index (κ1) is 18.2. The Kier molecular flexibility index (Phi) is 4.58. The van der Waals surface area contributed by atoms with Crippen molar-refractivity contribution in [2.45, 2.75) is 32.4 Å². The van der Waals surface area contributed by atoms with E-state index in [1.165, 1.54) is 16.7 Å². The van der Waals surface area contributed by atoms with Gasteiger partial charge in [-0.1, -0.05) is 12.1 Å². The van der Waals surface area contributed by atoms with E-state index < -0.39 is 11.1 Å². The number of halogens is 1. The zero-order valence-electron chi connectivity index (χ0n) is 15.4. The van der Waals surface area contributed by atoms with Crippen LogP contribution in [-0.2, 0) is 6.54 Å². The highest BCUT2D eigenvalue weighted by Gasteiger charge is 2.30. The van der Waals surface area contributed by atoms with Crippen molar-refractivity contribution in [3.63, 3.8) is 0 Å². The Morgan fingerprint density at radius 1 is 1.18 bits per heavy atom. The number of fused-ring (bicyclic) bond motifs is 1. The number of rotatable bonds is 3. The number of carbonyl (C=O) groups excluding carboxylic acids is 1. The fraction of sp³-hybridized carbons (Fsp3) is 0.286. The number of amides is 1. The highest BCUT2D eigenvalue weighted by molar-refractivity contribution is 5.97. The molecule has 1 aliphatic heterocycles. The molecule has 6 nitrogen and oxygen atoms in total. The SMILES string of the molecule is CCn1c(=O)c(=O)[nH]c2cc(C(=O)N3CCCC3c3ccc(F)cc3)ccc21. The maximum absolute atomic E-state index is 13.2. The summed E-state index contributed by atoms with van der Waals surface area (Å²) in [7, 11) is 0. The lowest BCUT2D eigenvalue weighted by molar-refractivity contribution is 0.0736. The molecule has 1 N–H and O–H groups in total. The summed E-state index contributed by atoms with van der Waals surface area (Å²) in [6.07, 6.45) is 1.69. The number of likely N-dealkylation sites (tertiary alicyclic amines) is 1. The van der Waals surface area contributed by atoms with Crippen LogP contribution >= 0.6 is 0 Å². The van der Waals surface area contributed by atoms with Crippen LogP contribution in [0.1, 0.15) is 41.7 Å². The van der Waals surface area contributed by atoms with Gasteiger partial charge in [0, 0.05) is 18.7 Å². The van der Waals surface area contributed by atoms with Crippen LogP contribution in [0, 0.1) is 5.82 Å². The van der Waals surface area contributed by atoms with Gasteiger partial charge in [-0.05, 0) is 55.7 Å². The quantitative estimate of drug-likeness (QED) is 0.709. The monoisotopic (exact) mass is 381 g/mol. The topological polar surface area (TPSA) is 75.2 Å². The van der Waals surface area contributed by atoms with Crippen LogP contribution in [0.4, 0.5) is 4.39 Å². The normalized spacial score (nSPS) is 16.6. The lowest BCUT2D eigenvalue weighted by atomic mass is 10.0. The van der Waals surface area contributed by atoms with Gasteiger partial charge >= 0.3 is 11.1 Å². The zero-order valence-corrected chi connectivity index (χ0v) is 15.4. The van der Waals surface area contributed by atoms with Gasteiger partial charge in [0.1, 0.15) is 5.82 Å². The number of hydrogen-bond acceptors (Lipinski definition) is 3. The summed E-state index contributed by atoms with van der Waals surface area (Å²) in [6, 6.07) is 11.1. The minimum atomic E-state index is -0.704. The van der Waals surface area contributed by atoms with Crippen LogP contribution in [0.5, 0.6) is 0 Å². The van der Waals surface area contributed by atoms with E-state index in [1.54, 1.807) is 42.2 Å². The number of H-pyrrole nitrogens is 1. The summed E-state index contributed by atoms with van der Waals surface area (Å²) in [5.41, 5.74) is 1.07. The first-order chi connectivity index (χ1) is 13.5. The third-order valence-corrected chi connectivity index (χ3v) is 5.31. The zero-order chi connectivity index (χ0) is 19.8. The summed E-state index contributed by atoms with van der Waals surface area (Å²) < 4.78 is 14.6. The lowest BCUT2D eigenvalue weighted by Gasteiger charge is -2.25. The van der Waals surface area contributed by atoms with Crippen molar-refractivity contribution in [1.82, 2.24) is 14.5 Å². The third-order valence-electron chi connectivity index (χ3n) is 5.31. The van der Waals surface area contributed by atoms with Gasteiger partial charge in [0.15, 0.2) is 0 Å². The number of aryl methyl sites for hydroxylation is 1. The Balaban J connectivity index is 1.72. The first-order valence-corrected chi connectivity index (χ1v) is 9.33. The van der Waals surface area contributed by atoms with Crippen LogP contribution < -0.4 is 11.1 Å². The van der Waals surface area contributed by atoms with Crippen molar-refractivity contribution in [3.05, 3.63) is 80.1 Å². The van der Waals surface area contributed by atoms with E-state index in [0.29, 0.717) is 29.7 Å². The van der Waals surface area contributed by atoms with Gasteiger partial charge in [-0.2, -0.15) is 0 Å². The van der Waals surface area contributed by atoms with Crippen LogP contribution in [0.25, 0.3) is 11.0 Å². The van der Waals surface area contributed by atoms with E-state index in [2.05, 4.69) is 4.98 Å². The summed E-state index contributed by atoms with van der Waals surface area (Å²) in [4.78, 5) is 41.4. The van der Waals surface area contributed by atoms with Gasteiger partial charge in [-0.15, -0.1) is 0 Å². The molecule has 1 amide bonds. The average Bonchev–Trinajstić information content (AvgIpc) is 3.18. The van der Waals surface area contributed by atoms with E-state index >= 15 is 0 Å². The fourth-order valence-electron chi connectivity index (χ4n) is 3.93. The Hall–Kier alpha value is -3.22. The van der Waals surface area contributed by atoms with Crippen LogP contribution in [-0.4, -0.2) is 26.9 Å². The van der Waals surface area contributed by atoms with Gasteiger partial charge < -0.3 is 14.5 Å². The molecule has 1 fully saturated rings. The number of nitrogens with zero attached hydrogens (tertiary/aromatic N) is 2. The molecular weight excluding hydrogens is 361 g/mol. The molecular formula is C21H20FN3O3. The number of benzene rings is 2. The average molecular weight is 381 g/mol. The maximum Gasteiger partial charge on any atom is 0.316 e. The summed E-state index contributed by atoms with van der Waals surface area (Å²) >= 11 is 0. The van der Waals surface area contributed by atoms with Crippen molar-refractivity contribution in [1.29, 1.82) is 0 Å². The molecule has 1 aromatic heterocycles. The highest BCUT2D eigenvalue weighted by atomic mass is 19.1. The minimum Gasteiger partial charge on any atom is -0.332 e. The molecule has 1 unspecified atom stereocenters.